The molecular weight excluding hydrogens is 386 g/mol. The topological polar surface area (TPSA) is 118 Å². The number of hydrogen-bond donors (Lipinski definition) is 1. The maximum absolute atomic E-state index is 12.2. The zero-order valence-corrected chi connectivity index (χ0v) is 14.4. The van der Waals surface area contributed by atoms with Crippen molar-refractivity contribution in [3.05, 3.63) is 40.1 Å². The summed E-state index contributed by atoms with van der Waals surface area (Å²) in [6.07, 6.45) is 1.36. The van der Waals surface area contributed by atoms with Gasteiger partial charge in [-0.3, -0.25) is 9.48 Å². The normalized spacial score (nSPS) is 11.0. The van der Waals surface area contributed by atoms with Gasteiger partial charge in [-0.2, -0.15) is 5.26 Å². The predicted molar refractivity (Wildman–Crippen MR) is 83.6 cm³/mol. The third-order valence-corrected chi connectivity index (χ3v) is 4.62. The molecule has 120 valence electrons. The summed E-state index contributed by atoms with van der Waals surface area (Å²) < 4.78 is 28.3. The smallest absolute Gasteiger partial charge is 0.264 e. The molecule has 0 atom stereocenters. The van der Waals surface area contributed by atoms with E-state index in [1.165, 1.54) is 22.9 Å². The summed E-state index contributed by atoms with van der Waals surface area (Å²) in [6, 6.07) is 5.83. The number of sulfonamides is 1. The van der Waals surface area contributed by atoms with Gasteiger partial charge in [-0.1, -0.05) is 21.1 Å². The van der Waals surface area contributed by atoms with Gasteiger partial charge in [0.2, 0.25) is 5.91 Å². The Morgan fingerprint density at radius 2 is 2.17 bits per heavy atom. The number of rotatable bonds is 5. The average Bonchev–Trinajstić information content (AvgIpc) is 2.93. The van der Waals surface area contributed by atoms with Crippen molar-refractivity contribution >= 4 is 31.9 Å². The second kappa shape index (κ2) is 6.89. The molecule has 0 aliphatic rings. The van der Waals surface area contributed by atoms with Crippen LogP contribution in [-0.4, -0.2) is 29.3 Å². The maximum atomic E-state index is 12.2. The van der Waals surface area contributed by atoms with Gasteiger partial charge in [0.1, 0.15) is 0 Å². The number of carbonyl (C=O) groups is 1. The molecule has 0 radical (unpaired) electrons. The van der Waals surface area contributed by atoms with Crippen LogP contribution >= 0.6 is 15.9 Å². The largest absolute Gasteiger partial charge is 0.274 e. The number of benzene rings is 1. The highest BCUT2D eigenvalue weighted by atomic mass is 79.9. The molecule has 1 aromatic heterocycles. The number of aromatic nitrogens is 3. The summed E-state index contributed by atoms with van der Waals surface area (Å²) in [5.41, 5.74) is 0.532. The molecule has 1 N–H and O–H groups in total. The first-order valence-electron chi connectivity index (χ1n) is 6.49. The second-order valence-electron chi connectivity index (χ2n) is 4.56. The van der Waals surface area contributed by atoms with Gasteiger partial charge in [-0.15, -0.1) is 5.10 Å². The fourth-order valence-corrected chi connectivity index (χ4v) is 3.46. The van der Waals surface area contributed by atoms with Crippen LogP contribution in [0.1, 0.15) is 18.2 Å². The Balaban J connectivity index is 2.16. The number of nitriles is 1. The van der Waals surface area contributed by atoms with Crippen LogP contribution in [0.3, 0.4) is 0 Å². The van der Waals surface area contributed by atoms with Gasteiger partial charge >= 0.3 is 0 Å². The summed E-state index contributed by atoms with van der Waals surface area (Å²) in [4.78, 5) is 11.7. The van der Waals surface area contributed by atoms with E-state index >= 15 is 0 Å². The Bertz CT molecular complexity index is 885. The summed E-state index contributed by atoms with van der Waals surface area (Å²) in [5, 5.41) is 16.4. The van der Waals surface area contributed by atoms with E-state index in [1.807, 2.05) is 17.7 Å². The summed E-state index contributed by atoms with van der Waals surface area (Å²) >= 11 is 3.13. The lowest BCUT2D eigenvalue weighted by Crippen LogP contribution is -2.32. The average molecular weight is 398 g/mol. The molecule has 2 rings (SSSR count). The Morgan fingerprint density at radius 1 is 1.43 bits per heavy atom. The van der Waals surface area contributed by atoms with E-state index in [1.54, 1.807) is 6.20 Å². The lowest BCUT2D eigenvalue weighted by atomic mass is 10.2. The van der Waals surface area contributed by atoms with Crippen molar-refractivity contribution in [1.82, 2.24) is 19.7 Å². The number of amides is 1. The van der Waals surface area contributed by atoms with Gasteiger partial charge in [0, 0.05) is 17.2 Å². The molecule has 0 spiro atoms. The summed E-state index contributed by atoms with van der Waals surface area (Å²) in [7, 11) is -4.07. The zero-order valence-electron chi connectivity index (χ0n) is 12.0. The van der Waals surface area contributed by atoms with Crippen LogP contribution in [-0.2, 0) is 27.8 Å². The van der Waals surface area contributed by atoms with Crippen LogP contribution in [0.4, 0.5) is 0 Å². The first-order valence-corrected chi connectivity index (χ1v) is 8.77. The van der Waals surface area contributed by atoms with Gasteiger partial charge in [0.25, 0.3) is 10.0 Å². The third kappa shape index (κ3) is 4.37. The van der Waals surface area contributed by atoms with E-state index < -0.39 is 15.9 Å². The number of nitrogens with one attached hydrogen (secondary N) is 1. The molecule has 0 bridgehead atoms. The molecule has 8 nitrogen and oxygen atoms in total. The minimum atomic E-state index is -4.07. The monoisotopic (exact) mass is 397 g/mol. The summed E-state index contributed by atoms with van der Waals surface area (Å²) in [6.45, 7) is 2.46. The van der Waals surface area contributed by atoms with Crippen molar-refractivity contribution in [1.29, 1.82) is 5.26 Å². The number of hydrogen-bond acceptors (Lipinski definition) is 6. The van der Waals surface area contributed by atoms with Gasteiger partial charge in [-0.05, 0) is 25.1 Å². The quantitative estimate of drug-likeness (QED) is 0.802. The maximum Gasteiger partial charge on any atom is 0.264 e. The minimum Gasteiger partial charge on any atom is -0.274 e. The number of nitrogens with zero attached hydrogens (tertiary/aromatic N) is 4. The van der Waals surface area contributed by atoms with E-state index in [4.69, 9.17) is 5.26 Å². The first-order chi connectivity index (χ1) is 10.8. The Kier molecular flexibility index (Phi) is 5.12. The molecule has 23 heavy (non-hydrogen) atoms. The molecule has 0 saturated carbocycles. The van der Waals surface area contributed by atoms with Crippen molar-refractivity contribution in [3.63, 3.8) is 0 Å². The lowest BCUT2D eigenvalue weighted by Gasteiger charge is -2.07. The molecule has 1 amide bonds. The van der Waals surface area contributed by atoms with Crippen LogP contribution in [0.25, 0.3) is 0 Å². The van der Waals surface area contributed by atoms with E-state index in [-0.39, 0.29) is 16.9 Å². The van der Waals surface area contributed by atoms with Crippen molar-refractivity contribution in [2.75, 3.05) is 0 Å². The van der Waals surface area contributed by atoms with Crippen molar-refractivity contribution < 1.29 is 13.2 Å². The van der Waals surface area contributed by atoms with Crippen LogP contribution < -0.4 is 4.72 Å². The molecule has 2 aromatic rings. The van der Waals surface area contributed by atoms with E-state index in [0.717, 1.165) is 0 Å². The fraction of sp³-hybridized carbons (Fsp3) is 0.231. The Hall–Kier alpha value is -2.25. The van der Waals surface area contributed by atoms with Crippen LogP contribution in [0.2, 0.25) is 0 Å². The molecule has 0 unspecified atom stereocenters. The summed E-state index contributed by atoms with van der Waals surface area (Å²) in [5.74, 6) is -0.730. The zero-order chi connectivity index (χ0) is 17.0. The highest BCUT2D eigenvalue weighted by Gasteiger charge is 2.20. The van der Waals surface area contributed by atoms with E-state index in [2.05, 4.69) is 26.2 Å². The standard InChI is InChI=1S/C13H12BrN5O3S/c1-2-19-8-11(16-18-19)6-13(20)17-23(21,22)12-4-9(7-15)3-10(14)5-12/h3-5,8H,2,6H2,1H3,(H,17,20). The number of halogens is 1. The molecule has 0 fully saturated rings. The van der Waals surface area contributed by atoms with Gasteiger partial charge in [0.15, 0.2) is 0 Å². The first kappa shape index (κ1) is 17.1. The van der Waals surface area contributed by atoms with Crippen molar-refractivity contribution in [2.24, 2.45) is 0 Å². The van der Waals surface area contributed by atoms with Gasteiger partial charge < -0.3 is 0 Å². The van der Waals surface area contributed by atoms with Crippen LogP contribution in [0.15, 0.2) is 33.8 Å². The highest BCUT2D eigenvalue weighted by molar-refractivity contribution is 9.10. The van der Waals surface area contributed by atoms with Gasteiger partial charge in [-0.25, -0.2) is 13.1 Å². The van der Waals surface area contributed by atoms with Crippen LogP contribution in [0, 0.1) is 11.3 Å². The molecule has 10 heteroatoms. The SMILES string of the molecule is CCn1cc(CC(=O)NS(=O)(=O)c2cc(Br)cc(C#N)c2)nn1. The Morgan fingerprint density at radius 3 is 2.78 bits per heavy atom. The molecule has 0 saturated heterocycles. The number of carbonyl (C=O) groups excluding carboxylic acids is 1. The molecular formula is C13H12BrN5O3S. The second-order valence-corrected chi connectivity index (χ2v) is 7.16. The van der Waals surface area contributed by atoms with E-state index in [0.29, 0.717) is 16.7 Å². The van der Waals surface area contributed by atoms with Gasteiger partial charge in [0.05, 0.1) is 28.6 Å². The fourth-order valence-electron chi connectivity index (χ4n) is 1.77. The lowest BCUT2D eigenvalue weighted by molar-refractivity contribution is -0.118. The molecule has 1 aromatic carbocycles. The van der Waals surface area contributed by atoms with Crippen LogP contribution in [0.5, 0.6) is 0 Å². The third-order valence-electron chi connectivity index (χ3n) is 2.81. The minimum absolute atomic E-state index is 0.165. The molecule has 0 aliphatic carbocycles. The molecule has 1 heterocycles. The predicted octanol–water partition coefficient (Wildman–Crippen LogP) is 0.980. The number of aryl methyl sites for hydroxylation is 1. The Labute approximate surface area is 141 Å². The van der Waals surface area contributed by atoms with Crippen molar-refractivity contribution in [3.8, 4) is 6.07 Å². The molecule has 0 aliphatic heterocycles. The highest BCUT2D eigenvalue weighted by Crippen LogP contribution is 2.19. The van der Waals surface area contributed by atoms with Crippen molar-refractivity contribution in [2.45, 2.75) is 24.8 Å². The van der Waals surface area contributed by atoms with E-state index in [9.17, 15) is 13.2 Å².